The van der Waals surface area contributed by atoms with Gasteiger partial charge in [0, 0.05) is 6.04 Å². The van der Waals surface area contributed by atoms with Gasteiger partial charge in [0.05, 0.1) is 6.61 Å². The van der Waals surface area contributed by atoms with Gasteiger partial charge < -0.3 is 10.1 Å². The van der Waals surface area contributed by atoms with Gasteiger partial charge in [-0.15, -0.1) is 0 Å². The molecular weight excluding hydrogens is 258 g/mol. The number of benzene rings is 1. The van der Waals surface area contributed by atoms with Crippen LogP contribution in [0.25, 0.3) is 0 Å². The zero-order valence-corrected chi connectivity index (χ0v) is 14.9. The second kappa shape index (κ2) is 12.7. The molecule has 0 aliphatic carbocycles. The normalized spacial score (nSPS) is 10.5. The third kappa shape index (κ3) is 11.3. The summed E-state index contributed by atoms with van der Waals surface area (Å²) >= 11 is 0. The Morgan fingerprint density at radius 2 is 1.62 bits per heavy atom. The van der Waals surface area contributed by atoms with Crippen LogP contribution in [0, 0.1) is 5.92 Å². The monoisotopic (exact) mass is 293 g/mol. The number of ether oxygens (including phenoxy) is 1. The molecule has 1 rings (SSSR count). The standard InChI is InChI=1S/C17H29NO.C2H6/c1-14(2)6-5-13-19-17-9-7-16(8-10-17)11-12-18-15(3)4;1-2/h7-10,14-15,18H,5-6,11-13H2,1-4H3;1-2H3. The lowest BCUT2D eigenvalue weighted by atomic mass is 10.1. The van der Waals surface area contributed by atoms with Crippen molar-refractivity contribution < 1.29 is 4.74 Å². The summed E-state index contributed by atoms with van der Waals surface area (Å²) in [6.07, 6.45) is 3.45. The topological polar surface area (TPSA) is 21.3 Å². The van der Waals surface area contributed by atoms with E-state index in [4.69, 9.17) is 4.74 Å². The summed E-state index contributed by atoms with van der Waals surface area (Å²) < 4.78 is 5.74. The first-order valence-electron chi connectivity index (χ1n) is 8.53. The van der Waals surface area contributed by atoms with Crippen LogP contribution in [-0.4, -0.2) is 19.2 Å². The maximum atomic E-state index is 5.74. The average molecular weight is 293 g/mol. The van der Waals surface area contributed by atoms with Crippen molar-refractivity contribution in [3.63, 3.8) is 0 Å². The molecule has 0 bridgehead atoms. The lowest BCUT2D eigenvalue weighted by Crippen LogP contribution is -2.24. The molecule has 1 N–H and O–H groups in total. The molecule has 122 valence electrons. The summed E-state index contributed by atoms with van der Waals surface area (Å²) in [6.45, 7) is 14.7. The van der Waals surface area contributed by atoms with Crippen LogP contribution in [0.5, 0.6) is 5.75 Å². The van der Waals surface area contributed by atoms with Crippen molar-refractivity contribution in [2.45, 2.75) is 66.8 Å². The van der Waals surface area contributed by atoms with Crippen molar-refractivity contribution in [2.24, 2.45) is 5.92 Å². The third-order valence-corrected chi connectivity index (χ3v) is 3.08. The molecule has 0 aliphatic heterocycles. The van der Waals surface area contributed by atoms with Crippen LogP contribution >= 0.6 is 0 Å². The van der Waals surface area contributed by atoms with E-state index in [0.717, 1.165) is 37.7 Å². The summed E-state index contributed by atoms with van der Waals surface area (Å²) in [5.41, 5.74) is 1.36. The Hall–Kier alpha value is -1.02. The van der Waals surface area contributed by atoms with E-state index in [1.165, 1.54) is 12.0 Å². The van der Waals surface area contributed by atoms with E-state index in [0.29, 0.717) is 6.04 Å². The molecule has 0 unspecified atom stereocenters. The fraction of sp³-hybridized carbons (Fsp3) is 0.684. The van der Waals surface area contributed by atoms with Crippen molar-refractivity contribution in [3.8, 4) is 5.75 Å². The number of rotatable bonds is 9. The van der Waals surface area contributed by atoms with Crippen LogP contribution in [0.15, 0.2) is 24.3 Å². The average Bonchev–Trinajstić information content (AvgIpc) is 2.47. The lowest BCUT2D eigenvalue weighted by molar-refractivity contribution is 0.297. The van der Waals surface area contributed by atoms with Crippen molar-refractivity contribution >= 4 is 0 Å². The van der Waals surface area contributed by atoms with E-state index in [9.17, 15) is 0 Å². The molecule has 1 aromatic rings. The molecule has 0 aliphatic rings. The lowest BCUT2D eigenvalue weighted by Gasteiger charge is -2.10. The smallest absolute Gasteiger partial charge is 0.119 e. The van der Waals surface area contributed by atoms with E-state index >= 15 is 0 Å². The molecule has 0 radical (unpaired) electrons. The molecule has 0 spiro atoms. The third-order valence-electron chi connectivity index (χ3n) is 3.08. The molecule has 0 heterocycles. The van der Waals surface area contributed by atoms with E-state index < -0.39 is 0 Å². The van der Waals surface area contributed by atoms with E-state index in [1.807, 2.05) is 13.8 Å². The van der Waals surface area contributed by atoms with Gasteiger partial charge >= 0.3 is 0 Å². The van der Waals surface area contributed by atoms with Crippen molar-refractivity contribution in [1.29, 1.82) is 0 Å². The highest BCUT2D eigenvalue weighted by atomic mass is 16.5. The molecule has 0 fully saturated rings. The molecule has 0 atom stereocenters. The largest absolute Gasteiger partial charge is 0.494 e. The Labute approximate surface area is 132 Å². The highest BCUT2D eigenvalue weighted by Gasteiger charge is 1.98. The highest BCUT2D eigenvalue weighted by molar-refractivity contribution is 5.27. The number of hydrogen-bond donors (Lipinski definition) is 1. The van der Waals surface area contributed by atoms with Gasteiger partial charge in [-0.3, -0.25) is 0 Å². The van der Waals surface area contributed by atoms with Crippen LogP contribution in [0.3, 0.4) is 0 Å². The van der Waals surface area contributed by atoms with Crippen LogP contribution in [0.4, 0.5) is 0 Å². The van der Waals surface area contributed by atoms with Crippen molar-refractivity contribution in [1.82, 2.24) is 5.32 Å². The van der Waals surface area contributed by atoms with Gasteiger partial charge in [-0.1, -0.05) is 53.7 Å². The molecule has 0 saturated heterocycles. The van der Waals surface area contributed by atoms with Crippen molar-refractivity contribution in [3.05, 3.63) is 29.8 Å². The van der Waals surface area contributed by atoms with E-state index in [-0.39, 0.29) is 0 Å². The van der Waals surface area contributed by atoms with Gasteiger partial charge in [-0.2, -0.15) is 0 Å². The van der Waals surface area contributed by atoms with Crippen LogP contribution in [0.2, 0.25) is 0 Å². The predicted octanol–water partition coefficient (Wildman–Crippen LogP) is 5.07. The quantitative estimate of drug-likeness (QED) is 0.642. The Morgan fingerprint density at radius 1 is 1.00 bits per heavy atom. The number of hydrogen-bond acceptors (Lipinski definition) is 2. The van der Waals surface area contributed by atoms with E-state index in [1.54, 1.807) is 0 Å². The molecule has 2 heteroatoms. The van der Waals surface area contributed by atoms with Gasteiger partial charge in [-0.25, -0.2) is 0 Å². The Balaban J connectivity index is 0.00000191. The maximum absolute atomic E-state index is 5.74. The minimum atomic E-state index is 0.559. The molecule has 1 aromatic carbocycles. The molecule has 0 saturated carbocycles. The zero-order chi connectivity index (χ0) is 16.1. The van der Waals surface area contributed by atoms with Crippen LogP contribution in [0.1, 0.15) is 59.9 Å². The first-order valence-corrected chi connectivity index (χ1v) is 8.53. The van der Waals surface area contributed by atoms with Crippen molar-refractivity contribution in [2.75, 3.05) is 13.2 Å². The van der Waals surface area contributed by atoms with Crippen LogP contribution in [-0.2, 0) is 6.42 Å². The second-order valence-electron chi connectivity index (χ2n) is 5.89. The van der Waals surface area contributed by atoms with Gasteiger partial charge in [0.25, 0.3) is 0 Å². The molecule has 0 aromatic heterocycles. The summed E-state index contributed by atoms with van der Waals surface area (Å²) in [4.78, 5) is 0. The first kappa shape index (κ1) is 20.0. The number of nitrogens with one attached hydrogen (secondary N) is 1. The van der Waals surface area contributed by atoms with Gasteiger partial charge in [0.15, 0.2) is 0 Å². The summed E-state index contributed by atoms with van der Waals surface area (Å²) in [5.74, 6) is 1.75. The van der Waals surface area contributed by atoms with Crippen LogP contribution < -0.4 is 10.1 Å². The Bertz CT molecular complexity index is 330. The maximum Gasteiger partial charge on any atom is 0.119 e. The van der Waals surface area contributed by atoms with Gasteiger partial charge in [-0.05, 0) is 49.4 Å². The molecular formula is C19H35NO. The molecule has 0 amide bonds. The fourth-order valence-corrected chi connectivity index (χ4v) is 1.94. The van der Waals surface area contributed by atoms with Gasteiger partial charge in [0.2, 0.25) is 0 Å². The fourth-order valence-electron chi connectivity index (χ4n) is 1.94. The minimum absolute atomic E-state index is 0.559. The SMILES string of the molecule is CC.CC(C)CCCOc1ccc(CCNC(C)C)cc1. The molecule has 21 heavy (non-hydrogen) atoms. The Kier molecular flexibility index (Phi) is 12.1. The Morgan fingerprint density at radius 3 is 2.14 bits per heavy atom. The first-order chi connectivity index (χ1) is 10.1. The zero-order valence-electron chi connectivity index (χ0n) is 14.9. The summed E-state index contributed by atoms with van der Waals surface area (Å²) in [6, 6.07) is 9.06. The highest BCUT2D eigenvalue weighted by Crippen LogP contribution is 2.13. The molecule has 2 nitrogen and oxygen atoms in total. The summed E-state index contributed by atoms with van der Waals surface area (Å²) in [7, 11) is 0. The predicted molar refractivity (Wildman–Crippen MR) is 94.2 cm³/mol. The second-order valence-corrected chi connectivity index (χ2v) is 5.89. The van der Waals surface area contributed by atoms with E-state index in [2.05, 4.69) is 57.3 Å². The summed E-state index contributed by atoms with van der Waals surface area (Å²) in [5, 5.41) is 3.43. The van der Waals surface area contributed by atoms with Gasteiger partial charge in [0.1, 0.15) is 5.75 Å². The minimum Gasteiger partial charge on any atom is -0.494 e.